The molecule has 0 heterocycles. The van der Waals surface area contributed by atoms with Gasteiger partial charge >= 0.3 is 0 Å². The third kappa shape index (κ3) is 4.80. The molecule has 0 aliphatic rings. The molecule has 0 saturated heterocycles. The van der Waals surface area contributed by atoms with Crippen LogP contribution < -0.4 is 10.1 Å². The van der Waals surface area contributed by atoms with E-state index in [4.69, 9.17) is 4.74 Å². The zero-order valence-electron chi connectivity index (χ0n) is 12.9. The van der Waals surface area contributed by atoms with E-state index in [1.807, 2.05) is 31.8 Å². The number of benzene rings is 2. The van der Waals surface area contributed by atoms with Crippen molar-refractivity contribution < 1.29 is 4.74 Å². The predicted molar refractivity (Wildman–Crippen MR) is 91.3 cm³/mol. The van der Waals surface area contributed by atoms with Gasteiger partial charge in [0.15, 0.2) is 0 Å². The summed E-state index contributed by atoms with van der Waals surface area (Å²) in [5, 5.41) is 3.40. The van der Waals surface area contributed by atoms with E-state index < -0.39 is 0 Å². The fraction of sp³-hybridized carbons (Fsp3) is 0.333. The maximum Gasteiger partial charge on any atom is 0.119 e. The quantitative estimate of drug-likeness (QED) is 0.764. The molecule has 2 rings (SSSR count). The first-order valence-electron chi connectivity index (χ1n) is 7.32. The highest BCUT2D eigenvalue weighted by Gasteiger charge is 2.10. The van der Waals surface area contributed by atoms with Crippen LogP contribution in [0.3, 0.4) is 0 Å². The van der Waals surface area contributed by atoms with Gasteiger partial charge in [-0.3, -0.25) is 0 Å². The van der Waals surface area contributed by atoms with Gasteiger partial charge in [0.1, 0.15) is 5.75 Å². The second kappa shape index (κ2) is 8.11. The topological polar surface area (TPSA) is 21.3 Å². The van der Waals surface area contributed by atoms with Gasteiger partial charge in [-0.1, -0.05) is 29.8 Å². The lowest BCUT2D eigenvalue weighted by molar-refractivity contribution is 0.339. The van der Waals surface area contributed by atoms with Crippen LogP contribution in [0.25, 0.3) is 0 Å². The number of ether oxygens (including phenoxy) is 1. The van der Waals surface area contributed by atoms with E-state index in [1.54, 1.807) is 0 Å². The number of hydrogen-bond acceptors (Lipinski definition) is 3. The summed E-state index contributed by atoms with van der Waals surface area (Å²) in [6.45, 7) is 4.84. The Bertz CT molecular complexity index is 571. The number of hydrogen-bond donors (Lipinski definition) is 1. The molecule has 0 bridgehead atoms. The standard InChI is InChI=1S/C18H23NOS/c1-4-20-16-9-6-8-15(12-16)18(19-3)13-21-17-10-5-7-14(2)11-17/h5-12,18-19H,4,13H2,1-3H3. The molecular formula is C18H23NOS. The molecule has 0 amide bonds. The van der Waals surface area contributed by atoms with E-state index in [0.717, 1.165) is 11.5 Å². The molecule has 1 unspecified atom stereocenters. The fourth-order valence-electron chi connectivity index (χ4n) is 2.22. The highest BCUT2D eigenvalue weighted by atomic mass is 32.2. The first kappa shape index (κ1) is 15.9. The summed E-state index contributed by atoms with van der Waals surface area (Å²) in [7, 11) is 2.01. The number of aryl methyl sites for hydroxylation is 1. The first-order valence-corrected chi connectivity index (χ1v) is 8.31. The van der Waals surface area contributed by atoms with Crippen molar-refractivity contribution >= 4 is 11.8 Å². The Labute approximate surface area is 131 Å². The largest absolute Gasteiger partial charge is 0.494 e. The van der Waals surface area contributed by atoms with Crippen LogP contribution in [0.2, 0.25) is 0 Å². The summed E-state index contributed by atoms with van der Waals surface area (Å²) in [5.74, 6) is 1.94. The fourth-order valence-corrected chi connectivity index (χ4v) is 3.38. The minimum Gasteiger partial charge on any atom is -0.494 e. The molecule has 0 aliphatic heterocycles. The van der Waals surface area contributed by atoms with Gasteiger partial charge < -0.3 is 10.1 Å². The van der Waals surface area contributed by atoms with Gasteiger partial charge in [0.05, 0.1) is 6.61 Å². The highest BCUT2D eigenvalue weighted by molar-refractivity contribution is 7.99. The van der Waals surface area contributed by atoms with Crippen molar-refractivity contribution in [2.45, 2.75) is 24.8 Å². The molecule has 0 aromatic heterocycles. The summed E-state index contributed by atoms with van der Waals surface area (Å²) in [6, 6.07) is 17.3. The van der Waals surface area contributed by atoms with Gasteiger partial charge in [-0.25, -0.2) is 0 Å². The zero-order valence-corrected chi connectivity index (χ0v) is 13.7. The molecule has 2 aromatic rings. The highest BCUT2D eigenvalue weighted by Crippen LogP contribution is 2.27. The Kier molecular flexibility index (Phi) is 6.15. The Morgan fingerprint density at radius 1 is 1.14 bits per heavy atom. The van der Waals surface area contributed by atoms with Gasteiger partial charge in [0.2, 0.25) is 0 Å². The maximum atomic E-state index is 5.59. The molecule has 1 atom stereocenters. The van der Waals surface area contributed by atoms with Crippen LogP contribution in [0.4, 0.5) is 0 Å². The lowest BCUT2D eigenvalue weighted by Gasteiger charge is -2.17. The number of rotatable bonds is 7. The summed E-state index contributed by atoms with van der Waals surface area (Å²) >= 11 is 1.88. The van der Waals surface area contributed by atoms with E-state index in [0.29, 0.717) is 12.6 Å². The lowest BCUT2D eigenvalue weighted by Crippen LogP contribution is -2.18. The van der Waals surface area contributed by atoms with Crippen LogP contribution in [0, 0.1) is 6.92 Å². The van der Waals surface area contributed by atoms with Crippen molar-refractivity contribution in [1.29, 1.82) is 0 Å². The van der Waals surface area contributed by atoms with Gasteiger partial charge in [0, 0.05) is 16.7 Å². The summed E-state index contributed by atoms with van der Waals surface area (Å²) in [4.78, 5) is 1.32. The molecule has 2 aromatic carbocycles. The van der Waals surface area contributed by atoms with Gasteiger partial charge in [-0.2, -0.15) is 0 Å². The maximum absolute atomic E-state index is 5.59. The van der Waals surface area contributed by atoms with E-state index >= 15 is 0 Å². The Morgan fingerprint density at radius 3 is 2.67 bits per heavy atom. The minimum atomic E-state index is 0.316. The van der Waals surface area contributed by atoms with E-state index in [2.05, 4.69) is 54.7 Å². The van der Waals surface area contributed by atoms with Crippen LogP contribution in [-0.2, 0) is 0 Å². The molecule has 0 fully saturated rings. The summed E-state index contributed by atoms with van der Waals surface area (Å²) in [5.41, 5.74) is 2.57. The van der Waals surface area contributed by atoms with Crippen molar-refractivity contribution in [1.82, 2.24) is 5.32 Å². The summed E-state index contributed by atoms with van der Waals surface area (Å²) < 4.78 is 5.59. The van der Waals surface area contributed by atoms with Crippen LogP contribution >= 0.6 is 11.8 Å². The van der Waals surface area contributed by atoms with E-state index in [9.17, 15) is 0 Å². The monoisotopic (exact) mass is 301 g/mol. The molecule has 2 nitrogen and oxygen atoms in total. The van der Waals surface area contributed by atoms with E-state index in [-0.39, 0.29) is 0 Å². The van der Waals surface area contributed by atoms with Crippen LogP contribution in [0.15, 0.2) is 53.4 Å². The van der Waals surface area contributed by atoms with Crippen molar-refractivity contribution in [3.8, 4) is 5.75 Å². The summed E-state index contributed by atoms with van der Waals surface area (Å²) in [6.07, 6.45) is 0. The average molecular weight is 301 g/mol. The smallest absolute Gasteiger partial charge is 0.119 e. The Hall–Kier alpha value is -1.45. The van der Waals surface area contributed by atoms with Crippen molar-refractivity contribution in [2.24, 2.45) is 0 Å². The molecule has 0 aliphatic carbocycles. The number of nitrogens with one attached hydrogen (secondary N) is 1. The van der Waals surface area contributed by atoms with Crippen LogP contribution in [0.5, 0.6) is 5.75 Å². The van der Waals surface area contributed by atoms with Crippen LogP contribution in [-0.4, -0.2) is 19.4 Å². The van der Waals surface area contributed by atoms with Gasteiger partial charge in [-0.15, -0.1) is 11.8 Å². The van der Waals surface area contributed by atoms with Crippen molar-refractivity contribution in [3.05, 3.63) is 59.7 Å². The third-order valence-corrected chi connectivity index (χ3v) is 4.41. The minimum absolute atomic E-state index is 0.316. The Morgan fingerprint density at radius 2 is 1.95 bits per heavy atom. The van der Waals surface area contributed by atoms with Crippen LogP contribution in [0.1, 0.15) is 24.1 Å². The second-order valence-corrected chi connectivity index (χ2v) is 6.07. The van der Waals surface area contributed by atoms with Gasteiger partial charge in [0.25, 0.3) is 0 Å². The molecular weight excluding hydrogens is 278 g/mol. The molecule has 0 saturated carbocycles. The van der Waals surface area contributed by atoms with Gasteiger partial charge in [-0.05, 0) is 50.7 Å². The molecule has 0 spiro atoms. The molecule has 1 N–H and O–H groups in total. The molecule has 3 heteroatoms. The number of thioether (sulfide) groups is 1. The zero-order chi connectivity index (χ0) is 15.1. The molecule has 21 heavy (non-hydrogen) atoms. The average Bonchev–Trinajstić information content (AvgIpc) is 2.49. The first-order chi connectivity index (χ1) is 10.2. The van der Waals surface area contributed by atoms with E-state index in [1.165, 1.54) is 16.0 Å². The van der Waals surface area contributed by atoms with Crippen molar-refractivity contribution in [2.75, 3.05) is 19.4 Å². The third-order valence-electron chi connectivity index (χ3n) is 3.33. The molecule has 0 radical (unpaired) electrons. The Balaban J connectivity index is 2.04. The predicted octanol–water partition coefficient (Wildman–Crippen LogP) is 4.45. The SMILES string of the molecule is CCOc1cccc(C(CSc2cccc(C)c2)NC)c1. The van der Waals surface area contributed by atoms with Crippen molar-refractivity contribution in [3.63, 3.8) is 0 Å². The molecule has 112 valence electrons. The lowest BCUT2D eigenvalue weighted by atomic mass is 10.1. The second-order valence-electron chi connectivity index (χ2n) is 4.97. The normalized spacial score (nSPS) is 12.1.